The number of aryl methyl sites for hydroxylation is 1. The van der Waals surface area contributed by atoms with Crippen LogP contribution in [0, 0.1) is 42.4 Å². The molecule has 0 spiro atoms. The fraction of sp³-hybridized carbons (Fsp3) is 0.679. The zero-order valence-electron chi connectivity index (χ0n) is 23.9. The maximum Gasteiger partial charge on any atom is 0.511 e. The molecule has 0 aliphatic heterocycles. The number of esters is 1. The summed E-state index contributed by atoms with van der Waals surface area (Å²) in [6.07, 6.45) is -1.33. The fourth-order valence-corrected chi connectivity index (χ4v) is 6.55. The second kappa shape index (κ2) is 12.6. The fourth-order valence-electron chi connectivity index (χ4n) is 6.07. The Kier molecular flexibility index (Phi) is 10.1. The molecule has 230 valence electrons. The van der Waals surface area contributed by atoms with Crippen LogP contribution in [0.15, 0.2) is 29.2 Å². The van der Waals surface area contributed by atoms with Gasteiger partial charge in [-0.2, -0.15) is 8.42 Å². The second-order valence-electron chi connectivity index (χ2n) is 11.8. The molecular weight excluding hydrogens is 561 g/mol. The van der Waals surface area contributed by atoms with Gasteiger partial charge in [-0.3, -0.25) is 14.1 Å². The van der Waals surface area contributed by atoms with Crippen molar-refractivity contribution >= 4 is 28.2 Å². The molecule has 4 rings (SSSR count). The van der Waals surface area contributed by atoms with Gasteiger partial charge < -0.3 is 25.1 Å². The summed E-state index contributed by atoms with van der Waals surface area (Å²) in [6.45, 7) is 9.52. The summed E-state index contributed by atoms with van der Waals surface area (Å²) in [6, 6.07) is 5.99. The molecule has 3 saturated carbocycles. The topological polar surface area (TPSA) is 180 Å². The average Bonchev–Trinajstić information content (AvgIpc) is 3.50. The van der Waals surface area contributed by atoms with E-state index in [4.69, 9.17) is 24.5 Å². The number of nitrogens with two attached hydrogens (primary N) is 1. The summed E-state index contributed by atoms with van der Waals surface area (Å²) in [4.78, 5) is 35.9. The number of carbonyl (C=O) groups is 3. The molecule has 11 nitrogen and oxygen atoms in total. The predicted octanol–water partition coefficient (Wildman–Crippen LogP) is 4.12. The van der Waals surface area contributed by atoms with Crippen molar-refractivity contribution in [2.45, 2.75) is 89.3 Å². The molecule has 4 N–H and O–H groups in total. The van der Waals surface area contributed by atoms with Crippen LogP contribution in [0.25, 0.3) is 0 Å². The van der Waals surface area contributed by atoms with E-state index < -0.39 is 64.0 Å². The van der Waals surface area contributed by atoms with Gasteiger partial charge in [0.15, 0.2) is 0 Å². The highest BCUT2D eigenvalue weighted by atomic mass is 32.2. The largest absolute Gasteiger partial charge is 0.511 e. The lowest BCUT2D eigenvalue weighted by atomic mass is 9.75. The molecule has 0 bridgehead atoms. The molecule has 3 aliphatic carbocycles. The van der Waals surface area contributed by atoms with E-state index >= 15 is 0 Å². The number of carboxylic acid groups (broad SMARTS) is 1. The van der Waals surface area contributed by atoms with Crippen molar-refractivity contribution in [2.24, 2.45) is 41.2 Å². The first-order chi connectivity index (χ1) is 19.0. The standard InChI is InChI=1S/C21H32FNO7.C7H8O3S/c1-9(2)12-6-5-10(3)7-14(12)30-20(27)29-11(4)28-18(24)16-13-8-15(22)21(23,17(13)16)19(25)26;1-6-2-4-7(5-3-6)11(8,9)10/h9-17H,5-8,23H2,1-4H3,(H,25,26);2-5H,1H3,(H,8,9,10)/t10-,11+,12+,13+,14-,15+,16+,17+,21+;/m1./s1. The molecule has 13 heteroatoms. The first kappa shape index (κ1) is 32.7. The first-order valence-corrected chi connectivity index (χ1v) is 15.2. The Hall–Kier alpha value is -2.77. The lowest BCUT2D eigenvalue weighted by Gasteiger charge is -2.36. The molecule has 3 aliphatic rings. The number of benzene rings is 1. The van der Waals surface area contributed by atoms with Crippen LogP contribution in [0.3, 0.4) is 0 Å². The lowest BCUT2D eigenvalue weighted by Crippen LogP contribution is -2.56. The quantitative estimate of drug-likeness (QED) is 0.232. The van der Waals surface area contributed by atoms with Gasteiger partial charge in [-0.1, -0.05) is 44.9 Å². The molecule has 0 unspecified atom stereocenters. The molecule has 9 atom stereocenters. The minimum atomic E-state index is -4.02. The van der Waals surface area contributed by atoms with Crippen molar-refractivity contribution in [3.05, 3.63) is 29.8 Å². The Balaban J connectivity index is 0.000000352. The van der Waals surface area contributed by atoms with E-state index in [1.165, 1.54) is 19.1 Å². The van der Waals surface area contributed by atoms with Gasteiger partial charge in [0.2, 0.25) is 6.29 Å². The number of ether oxygens (including phenoxy) is 3. The highest BCUT2D eigenvalue weighted by molar-refractivity contribution is 7.85. The Bertz CT molecular complexity index is 1220. The Morgan fingerprint density at radius 1 is 1.07 bits per heavy atom. The van der Waals surface area contributed by atoms with E-state index in [0.717, 1.165) is 24.8 Å². The SMILES string of the molecule is CC(C)[C@@H]1CC[C@@H](C)C[C@H]1OC(=O)O[C@@H](C)OC(=O)[C@H]1[C@@H]2C[C@H](F)[C@@](N)(C(=O)O)[C@@H]21.Cc1ccc(S(=O)(=O)O)cc1. The molecule has 0 saturated heterocycles. The number of aliphatic carboxylic acids is 1. The van der Waals surface area contributed by atoms with E-state index in [-0.39, 0.29) is 23.3 Å². The van der Waals surface area contributed by atoms with E-state index in [2.05, 4.69) is 20.8 Å². The van der Waals surface area contributed by atoms with E-state index in [1.54, 1.807) is 12.1 Å². The predicted molar refractivity (Wildman–Crippen MR) is 144 cm³/mol. The minimum Gasteiger partial charge on any atom is -0.480 e. The Morgan fingerprint density at radius 2 is 1.68 bits per heavy atom. The minimum absolute atomic E-state index is 0.0666. The third-order valence-corrected chi connectivity index (χ3v) is 9.30. The summed E-state index contributed by atoms with van der Waals surface area (Å²) in [7, 11) is -4.02. The number of hydrogen-bond acceptors (Lipinski definition) is 9. The van der Waals surface area contributed by atoms with Crippen LogP contribution >= 0.6 is 0 Å². The molecule has 3 fully saturated rings. The number of fused-ring (bicyclic) bond motifs is 1. The van der Waals surface area contributed by atoms with Crippen molar-refractivity contribution in [1.82, 2.24) is 0 Å². The van der Waals surface area contributed by atoms with Gasteiger partial charge in [0.25, 0.3) is 10.1 Å². The molecule has 1 aromatic rings. The smallest absolute Gasteiger partial charge is 0.480 e. The zero-order chi connectivity index (χ0) is 30.9. The third-order valence-electron chi connectivity index (χ3n) is 8.43. The van der Waals surface area contributed by atoms with Crippen LogP contribution < -0.4 is 5.73 Å². The maximum absolute atomic E-state index is 14.0. The number of carbonyl (C=O) groups excluding carboxylic acids is 2. The second-order valence-corrected chi connectivity index (χ2v) is 13.2. The number of halogens is 1. The third kappa shape index (κ3) is 7.55. The van der Waals surface area contributed by atoms with Gasteiger partial charge in [0, 0.05) is 12.8 Å². The van der Waals surface area contributed by atoms with Gasteiger partial charge in [0.05, 0.1) is 10.8 Å². The van der Waals surface area contributed by atoms with Crippen LogP contribution in [-0.4, -0.2) is 60.3 Å². The summed E-state index contributed by atoms with van der Waals surface area (Å²) < 4.78 is 59.3. The van der Waals surface area contributed by atoms with Gasteiger partial charge >= 0.3 is 18.1 Å². The molecule has 0 aromatic heterocycles. The summed E-state index contributed by atoms with van der Waals surface area (Å²) in [5.74, 6) is -3.22. The van der Waals surface area contributed by atoms with E-state index in [0.29, 0.717) is 11.8 Å². The van der Waals surface area contributed by atoms with Gasteiger partial charge in [-0.25, -0.2) is 9.18 Å². The van der Waals surface area contributed by atoms with Gasteiger partial charge in [0.1, 0.15) is 17.8 Å². The summed E-state index contributed by atoms with van der Waals surface area (Å²) >= 11 is 0. The molecule has 0 heterocycles. The number of carboxylic acids is 1. The molecule has 0 radical (unpaired) electrons. The van der Waals surface area contributed by atoms with Crippen molar-refractivity contribution in [2.75, 3.05) is 0 Å². The Morgan fingerprint density at radius 3 is 2.22 bits per heavy atom. The van der Waals surface area contributed by atoms with Crippen LogP contribution in [0.2, 0.25) is 0 Å². The van der Waals surface area contributed by atoms with Crippen LogP contribution in [0.5, 0.6) is 0 Å². The normalized spacial score (nSPS) is 33.0. The summed E-state index contributed by atoms with van der Waals surface area (Å²) in [5, 5.41) is 9.27. The van der Waals surface area contributed by atoms with Crippen molar-refractivity contribution in [3.8, 4) is 0 Å². The monoisotopic (exact) mass is 601 g/mol. The zero-order valence-corrected chi connectivity index (χ0v) is 24.7. The van der Waals surface area contributed by atoms with E-state index in [1.807, 2.05) is 6.92 Å². The number of hydrogen-bond donors (Lipinski definition) is 3. The highest BCUT2D eigenvalue weighted by Crippen LogP contribution is 2.62. The summed E-state index contributed by atoms with van der Waals surface area (Å²) in [5.41, 5.74) is 4.61. The molecule has 41 heavy (non-hydrogen) atoms. The van der Waals surface area contributed by atoms with Gasteiger partial charge in [-0.15, -0.1) is 0 Å². The van der Waals surface area contributed by atoms with Crippen LogP contribution in [0.4, 0.5) is 9.18 Å². The molecule has 1 aromatic carbocycles. The lowest BCUT2D eigenvalue weighted by molar-refractivity contribution is -0.173. The molecular formula is C28H40FNO10S. The van der Waals surface area contributed by atoms with Gasteiger partial charge in [-0.05, 0) is 62.0 Å². The van der Waals surface area contributed by atoms with Crippen LogP contribution in [-0.2, 0) is 33.9 Å². The Labute approximate surface area is 239 Å². The highest BCUT2D eigenvalue weighted by Gasteiger charge is 2.75. The number of alkyl halides is 1. The van der Waals surface area contributed by atoms with Crippen molar-refractivity contribution in [1.29, 1.82) is 0 Å². The van der Waals surface area contributed by atoms with E-state index in [9.17, 15) is 32.3 Å². The molecule has 0 amide bonds. The maximum atomic E-state index is 14.0. The van der Waals surface area contributed by atoms with Crippen molar-refractivity contribution in [3.63, 3.8) is 0 Å². The van der Waals surface area contributed by atoms with Crippen molar-refractivity contribution < 1.29 is 51.1 Å². The average molecular weight is 602 g/mol. The number of rotatable bonds is 7. The van der Waals surface area contributed by atoms with Crippen LogP contribution in [0.1, 0.15) is 58.9 Å². The first-order valence-electron chi connectivity index (χ1n) is 13.7.